The predicted molar refractivity (Wildman–Crippen MR) is 128 cm³/mol. The average Bonchev–Trinajstić information content (AvgIpc) is 3.39. The van der Waals surface area contributed by atoms with E-state index in [0.29, 0.717) is 48.9 Å². The molecule has 0 bridgehead atoms. The van der Waals surface area contributed by atoms with Gasteiger partial charge in [0.25, 0.3) is 11.8 Å². The van der Waals surface area contributed by atoms with Crippen molar-refractivity contribution in [3.05, 3.63) is 95.8 Å². The SMILES string of the molecule is O=C(Nc1cccc(C(=O)N2CCN(c3nnnn3-c3ccccc3)CC2)c1)c1ccc(F)cc1. The van der Waals surface area contributed by atoms with Gasteiger partial charge in [-0.1, -0.05) is 29.4 Å². The second kappa shape index (κ2) is 9.72. The topological polar surface area (TPSA) is 96.2 Å². The molecule has 0 saturated carbocycles. The van der Waals surface area contributed by atoms with E-state index in [9.17, 15) is 14.0 Å². The molecule has 1 aliphatic rings. The molecule has 1 aliphatic heterocycles. The zero-order valence-electron chi connectivity index (χ0n) is 18.7. The standard InChI is InChI=1S/C25H22FN7O2/c26-20-11-9-18(10-12-20)23(34)27-21-6-4-5-19(17-21)24(35)31-13-15-32(16-14-31)25-28-29-30-33(25)22-7-2-1-3-8-22/h1-12,17H,13-16H2,(H,27,34). The summed E-state index contributed by atoms with van der Waals surface area (Å²) in [6.45, 7) is 2.18. The number of nitrogens with zero attached hydrogens (tertiary/aromatic N) is 6. The fourth-order valence-corrected chi connectivity index (χ4v) is 3.94. The molecule has 0 spiro atoms. The van der Waals surface area contributed by atoms with E-state index >= 15 is 0 Å². The first-order valence-electron chi connectivity index (χ1n) is 11.1. The Hall–Kier alpha value is -4.60. The minimum absolute atomic E-state index is 0.120. The minimum atomic E-state index is -0.411. The molecule has 9 nitrogen and oxygen atoms in total. The maximum atomic E-state index is 13.1. The summed E-state index contributed by atoms with van der Waals surface area (Å²) in [6.07, 6.45) is 0. The lowest BCUT2D eigenvalue weighted by atomic mass is 10.1. The maximum absolute atomic E-state index is 13.1. The summed E-state index contributed by atoms with van der Waals surface area (Å²) in [4.78, 5) is 29.4. The van der Waals surface area contributed by atoms with Gasteiger partial charge in [-0.3, -0.25) is 9.59 Å². The largest absolute Gasteiger partial charge is 0.336 e. The van der Waals surface area contributed by atoms with Gasteiger partial charge in [0.05, 0.1) is 5.69 Å². The molecular weight excluding hydrogens is 449 g/mol. The van der Waals surface area contributed by atoms with Crippen molar-refractivity contribution in [2.75, 3.05) is 36.4 Å². The summed E-state index contributed by atoms with van der Waals surface area (Å²) in [7, 11) is 0. The Morgan fingerprint density at radius 1 is 0.829 bits per heavy atom. The number of nitrogens with one attached hydrogen (secondary N) is 1. The second-order valence-electron chi connectivity index (χ2n) is 8.05. The van der Waals surface area contributed by atoms with Gasteiger partial charge in [0, 0.05) is 43.0 Å². The summed E-state index contributed by atoms with van der Waals surface area (Å²) in [5, 5.41) is 14.9. The van der Waals surface area contributed by atoms with Crippen LogP contribution in [0.4, 0.5) is 16.0 Å². The van der Waals surface area contributed by atoms with Crippen LogP contribution in [0.5, 0.6) is 0 Å². The van der Waals surface area contributed by atoms with Crippen molar-refractivity contribution in [1.29, 1.82) is 0 Å². The van der Waals surface area contributed by atoms with Crippen molar-refractivity contribution in [2.24, 2.45) is 0 Å². The van der Waals surface area contributed by atoms with Gasteiger partial charge in [-0.15, -0.1) is 0 Å². The lowest BCUT2D eigenvalue weighted by Crippen LogP contribution is -2.49. The van der Waals surface area contributed by atoms with Gasteiger partial charge in [-0.05, 0) is 65.0 Å². The normalized spacial score (nSPS) is 13.5. The molecule has 35 heavy (non-hydrogen) atoms. The van der Waals surface area contributed by atoms with E-state index in [4.69, 9.17) is 0 Å². The van der Waals surface area contributed by atoms with E-state index in [1.165, 1.54) is 24.3 Å². The fourth-order valence-electron chi connectivity index (χ4n) is 3.94. The van der Waals surface area contributed by atoms with Crippen LogP contribution in [0.25, 0.3) is 5.69 Å². The van der Waals surface area contributed by atoms with Crippen molar-refractivity contribution in [3.8, 4) is 5.69 Å². The highest BCUT2D eigenvalue weighted by Gasteiger charge is 2.25. The van der Waals surface area contributed by atoms with Crippen LogP contribution in [0.15, 0.2) is 78.9 Å². The van der Waals surface area contributed by atoms with Crippen LogP contribution in [0.1, 0.15) is 20.7 Å². The molecule has 176 valence electrons. The van der Waals surface area contributed by atoms with E-state index in [-0.39, 0.29) is 11.8 Å². The molecule has 3 aromatic carbocycles. The number of carbonyl (C=O) groups is 2. The van der Waals surface area contributed by atoms with Crippen LogP contribution in [0, 0.1) is 5.82 Å². The number of aromatic nitrogens is 4. The van der Waals surface area contributed by atoms with Crippen molar-refractivity contribution in [3.63, 3.8) is 0 Å². The number of hydrogen-bond acceptors (Lipinski definition) is 6. The number of tetrazole rings is 1. The lowest BCUT2D eigenvalue weighted by molar-refractivity contribution is 0.0746. The fraction of sp³-hybridized carbons (Fsp3) is 0.160. The van der Waals surface area contributed by atoms with Gasteiger partial charge in [0.15, 0.2) is 0 Å². The van der Waals surface area contributed by atoms with Crippen LogP contribution < -0.4 is 10.2 Å². The molecule has 5 rings (SSSR count). The molecule has 1 N–H and O–H groups in total. The quantitative estimate of drug-likeness (QED) is 0.481. The Labute approximate surface area is 200 Å². The third kappa shape index (κ3) is 4.86. The smallest absolute Gasteiger partial charge is 0.255 e. The number of anilines is 2. The van der Waals surface area contributed by atoms with Gasteiger partial charge >= 0.3 is 0 Å². The Morgan fingerprint density at radius 3 is 2.31 bits per heavy atom. The molecule has 4 aromatic rings. The maximum Gasteiger partial charge on any atom is 0.255 e. The first-order chi connectivity index (χ1) is 17.1. The van der Waals surface area contributed by atoms with Crippen LogP contribution in [0.2, 0.25) is 0 Å². The molecule has 0 unspecified atom stereocenters. The number of rotatable bonds is 5. The van der Waals surface area contributed by atoms with E-state index in [2.05, 4.69) is 25.7 Å². The zero-order chi connectivity index (χ0) is 24.2. The highest BCUT2D eigenvalue weighted by atomic mass is 19.1. The molecule has 1 saturated heterocycles. The molecular formula is C25H22FN7O2. The Kier molecular flexibility index (Phi) is 6.16. The van der Waals surface area contributed by atoms with E-state index in [0.717, 1.165) is 5.69 Å². The Morgan fingerprint density at radius 2 is 1.57 bits per heavy atom. The molecule has 1 fully saturated rings. The number of benzene rings is 3. The summed E-state index contributed by atoms with van der Waals surface area (Å²) in [6, 6.07) is 21.7. The molecule has 0 radical (unpaired) electrons. The number of para-hydroxylation sites is 1. The minimum Gasteiger partial charge on any atom is -0.336 e. The van der Waals surface area contributed by atoms with Gasteiger partial charge in [-0.25, -0.2) is 4.39 Å². The number of carbonyl (C=O) groups excluding carboxylic acids is 2. The molecule has 2 amide bonds. The van der Waals surface area contributed by atoms with Crippen molar-refractivity contribution >= 4 is 23.5 Å². The monoisotopic (exact) mass is 471 g/mol. The molecule has 10 heteroatoms. The van der Waals surface area contributed by atoms with Gasteiger partial charge < -0.3 is 15.1 Å². The average molecular weight is 471 g/mol. The van der Waals surface area contributed by atoms with Gasteiger partial charge in [-0.2, -0.15) is 4.68 Å². The highest BCUT2D eigenvalue weighted by Crippen LogP contribution is 2.19. The Bertz CT molecular complexity index is 1330. The number of halogens is 1. The van der Waals surface area contributed by atoms with Crippen LogP contribution in [0.3, 0.4) is 0 Å². The first kappa shape index (κ1) is 22.2. The van der Waals surface area contributed by atoms with Gasteiger partial charge in [0.1, 0.15) is 5.82 Å². The predicted octanol–water partition coefficient (Wildman–Crippen LogP) is 3.02. The van der Waals surface area contributed by atoms with Crippen molar-refractivity contribution in [1.82, 2.24) is 25.1 Å². The Balaban J connectivity index is 1.23. The molecule has 0 aliphatic carbocycles. The number of piperazine rings is 1. The first-order valence-corrected chi connectivity index (χ1v) is 11.1. The lowest BCUT2D eigenvalue weighted by Gasteiger charge is -2.34. The van der Waals surface area contributed by atoms with Gasteiger partial charge in [0.2, 0.25) is 5.95 Å². The molecule has 0 atom stereocenters. The van der Waals surface area contributed by atoms with E-state index < -0.39 is 5.82 Å². The van der Waals surface area contributed by atoms with Crippen LogP contribution in [-0.4, -0.2) is 63.1 Å². The van der Waals surface area contributed by atoms with Crippen LogP contribution in [-0.2, 0) is 0 Å². The second-order valence-corrected chi connectivity index (χ2v) is 8.05. The third-order valence-corrected chi connectivity index (χ3v) is 5.78. The summed E-state index contributed by atoms with van der Waals surface area (Å²) < 4.78 is 14.8. The summed E-state index contributed by atoms with van der Waals surface area (Å²) in [5.74, 6) is -0.274. The van der Waals surface area contributed by atoms with Crippen molar-refractivity contribution in [2.45, 2.75) is 0 Å². The zero-order valence-corrected chi connectivity index (χ0v) is 18.7. The third-order valence-electron chi connectivity index (χ3n) is 5.78. The van der Waals surface area contributed by atoms with Crippen molar-refractivity contribution < 1.29 is 14.0 Å². The van der Waals surface area contributed by atoms with Crippen LogP contribution >= 0.6 is 0 Å². The number of amides is 2. The number of hydrogen-bond donors (Lipinski definition) is 1. The highest BCUT2D eigenvalue weighted by molar-refractivity contribution is 6.05. The van der Waals surface area contributed by atoms with E-state index in [1.807, 2.05) is 30.3 Å². The molecule has 2 heterocycles. The summed E-state index contributed by atoms with van der Waals surface area (Å²) >= 11 is 0. The molecule has 1 aromatic heterocycles. The van der Waals surface area contributed by atoms with E-state index in [1.54, 1.807) is 33.8 Å². The summed E-state index contributed by atoms with van der Waals surface area (Å²) in [5.41, 5.74) is 2.16.